The van der Waals surface area contributed by atoms with E-state index in [0.29, 0.717) is 13.0 Å². The van der Waals surface area contributed by atoms with E-state index in [2.05, 4.69) is 16.0 Å². The van der Waals surface area contributed by atoms with Crippen molar-refractivity contribution in [1.29, 1.82) is 0 Å². The van der Waals surface area contributed by atoms with Crippen molar-refractivity contribution in [3.63, 3.8) is 0 Å². The fourth-order valence-electron chi connectivity index (χ4n) is 3.55. The molecular weight excluding hydrogens is 358 g/mol. The number of piperazine rings is 1. The van der Waals surface area contributed by atoms with Crippen LogP contribution in [0.15, 0.2) is 46.6 Å². The monoisotopic (exact) mass is 381 g/mol. The molecule has 0 saturated carbocycles. The first-order chi connectivity index (χ1) is 13.1. The highest BCUT2D eigenvalue weighted by atomic mass is 32.1. The molecule has 4 rings (SSSR count). The molecule has 5 nitrogen and oxygen atoms in total. The highest BCUT2D eigenvalue weighted by Crippen LogP contribution is 2.15. The minimum absolute atomic E-state index is 0.0238. The lowest BCUT2D eigenvalue weighted by molar-refractivity contribution is -0.132. The molecule has 0 aliphatic carbocycles. The highest BCUT2D eigenvalue weighted by Gasteiger charge is 2.22. The molecule has 1 saturated heterocycles. The summed E-state index contributed by atoms with van der Waals surface area (Å²) in [6, 6.07) is 12.1. The Bertz CT molecular complexity index is 1000. The summed E-state index contributed by atoms with van der Waals surface area (Å²) in [4.78, 5) is 33.1. The molecule has 1 fully saturated rings. The molecule has 0 unspecified atom stereocenters. The number of aromatic nitrogens is 1. The highest BCUT2D eigenvalue weighted by molar-refractivity contribution is 7.10. The fourth-order valence-corrected chi connectivity index (χ4v) is 4.24. The molecule has 0 atom stereocenters. The number of pyridine rings is 1. The molecular formula is C21H23N3O2S. The van der Waals surface area contributed by atoms with Crippen LogP contribution in [0.4, 0.5) is 0 Å². The predicted molar refractivity (Wildman–Crippen MR) is 109 cm³/mol. The van der Waals surface area contributed by atoms with Crippen LogP contribution >= 0.6 is 11.3 Å². The lowest BCUT2D eigenvalue weighted by Crippen LogP contribution is -2.49. The van der Waals surface area contributed by atoms with Gasteiger partial charge in [-0.15, -0.1) is 11.3 Å². The van der Waals surface area contributed by atoms with Gasteiger partial charge in [0, 0.05) is 48.7 Å². The van der Waals surface area contributed by atoms with Gasteiger partial charge in [0.25, 0.3) is 5.56 Å². The maximum Gasteiger partial charge on any atom is 0.252 e. The third-order valence-corrected chi connectivity index (χ3v) is 5.98. The minimum atomic E-state index is -0.0238. The van der Waals surface area contributed by atoms with Gasteiger partial charge in [0.05, 0.1) is 6.42 Å². The summed E-state index contributed by atoms with van der Waals surface area (Å²) in [5.41, 5.74) is 2.77. The number of fused-ring (bicyclic) bond motifs is 1. The van der Waals surface area contributed by atoms with E-state index in [9.17, 15) is 9.59 Å². The Labute approximate surface area is 162 Å². The van der Waals surface area contributed by atoms with Gasteiger partial charge in [0.1, 0.15) is 0 Å². The summed E-state index contributed by atoms with van der Waals surface area (Å²) >= 11 is 1.62. The maximum atomic E-state index is 12.4. The van der Waals surface area contributed by atoms with Gasteiger partial charge in [0.2, 0.25) is 5.91 Å². The smallest absolute Gasteiger partial charge is 0.252 e. The number of amides is 1. The van der Waals surface area contributed by atoms with Crippen LogP contribution in [0.2, 0.25) is 0 Å². The van der Waals surface area contributed by atoms with E-state index >= 15 is 0 Å². The number of hydrogen-bond donors (Lipinski definition) is 1. The largest absolute Gasteiger partial charge is 0.340 e. The lowest BCUT2D eigenvalue weighted by Gasteiger charge is -2.34. The minimum Gasteiger partial charge on any atom is -0.340 e. The number of nitrogens with zero attached hydrogens (tertiary/aromatic N) is 2. The number of rotatable bonds is 4. The zero-order valence-corrected chi connectivity index (χ0v) is 16.2. The SMILES string of the molecule is Cc1ccc2cc(CN3CCN(C(=O)Cc4cccs4)CC3)c(=O)[nH]c2c1. The van der Waals surface area contributed by atoms with E-state index in [4.69, 9.17) is 0 Å². The third-order valence-electron chi connectivity index (χ3n) is 5.10. The Morgan fingerprint density at radius 2 is 1.96 bits per heavy atom. The van der Waals surface area contributed by atoms with E-state index in [1.54, 1.807) is 11.3 Å². The van der Waals surface area contributed by atoms with Crippen molar-refractivity contribution in [2.75, 3.05) is 26.2 Å². The molecule has 1 aromatic carbocycles. The third kappa shape index (κ3) is 4.12. The second-order valence-electron chi connectivity index (χ2n) is 7.13. The van der Waals surface area contributed by atoms with Crippen molar-refractivity contribution in [2.45, 2.75) is 19.9 Å². The summed E-state index contributed by atoms with van der Waals surface area (Å²) in [5.74, 6) is 0.191. The first-order valence-corrected chi connectivity index (χ1v) is 10.1. The number of thiophene rings is 1. The van der Waals surface area contributed by atoms with Gasteiger partial charge in [-0.2, -0.15) is 0 Å². The number of aromatic amines is 1. The Balaban J connectivity index is 1.38. The quantitative estimate of drug-likeness (QED) is 0.756. The predicted octanol–water partition coefficient (Wildman–Crippen LogP) is 2.78. The van der Waals surface area contributed by atoms with Crippen molar-refractivity contribution in [1.82, 2.24) is 14.8 Å². The molecule has 1 aliphatic heterocycles. The standard InChI is InChI=1S/C21H23N3O2S/c1-15-4-5-16-12-17(21(26)22-19(16)11-15)14-23-6-8-24(9-7-23)20(25)13-18-3-2-10-27-18/h2-5,10-12H,6-9,13-14H2,1H3,(H,22,26). The topological polar surface area (TPSA) is 56.4 Å². The average molecular weight is 382 g/mol. The van der Waals surface area contributed by atoms with Gasteiger partial charge in [-0.25, -0.2) is 0 Å². The number of benzene rings is 1. The van der Waals surface area contributed by atoms with Gasteiger partial charge < -0.3 is 9.88 Å². The first-order valence-electron chi connectivity index (χ1n) is 9.23. The molecule has 0 bridgehead atoms. The van der Waals surface area contributed by atoms with Crippen LogP contribution in [-0.2, 0) is 17.8 Å². The summed E-state index contributed by atoms with van der Waals surface area (Å²) in [6.07, 6.45) is 0.488. The van der Waals surface area contributed by atoms with E-state index in [1.807, 2.05) is 47.5 Å². The Hall–Kier alpha value is -2.44. The van der Waals surface area contributed by atoms with Crippen molar-refractivity contribution in [2.24, 2.45) is 0 Å². The van der Waals surface area contributed by atoms with E-state index < -0.39 is 0 Å². The molecule has 1 amide bonds. The molecule has 27 heavy (non-hydrogen) atoms. The number of carbonyl (C=O) groups is 1. The molecule has 3 aromatic rings. The number of aryl methyl sites for hydroxylation is 1. The molecule has 0 radical (unpaired) electrons. The Morgan fingerprint density at radius 1 is 1.15 bits per heavy atom. The summed E-state index contributed by atoms with van der Waals surface area (Å²) in [5, 5.41) is 3.06. The van der Waals surface area contributed by atoms with E-state index in [1.165, 1.54) is 0 Å². The van der Waals surface area contributed by atoms with E-state index in [-0.39, 0.29) is 11.5 Å². The second-order valence-corrected chi connectivity index (χ2v) is 8.16. The zero-order valence-electron chi connectivity index (χ0n) is 15.4. The molecule has 3 heterocycles. The zero-order chi connectivity index (χ0) is 18.8. The lowest BCUT2D eigenvalue weighted by atomic mass is 10.1. The van der Waals surface area contributed by atoms with Crippen LogP contribution in [0.3, 0.4) is 0 Å². The van der Waals surface area contributed by atoms with Crippen molar-refractivity contribution >= 4 is 28.1 Å². The van der Waals surface area contributed by atoms with Crippen molar-refractivity contribution in [3.05, 3.63) is 68.1 Å². The Kier molecular flexibility index (Phi) is 5.09. The van der Waals surface area contributed by atoms with Crippen LogP contribution in [-0.4, -0.2) is 46.9 Å². The number of nitrogens with one attached hydrogen (secondary N) is 1. The summed E-state index contributed by atoms with van der Waals surface area (Å²) in [7, 11) is 0. The number of H-pyrrole nitrogens is 1. The number of carbonyl (C=O) groups excluding carboxylic acids is 1. The van der Waals surface area contributed by atoms with Crippen LogP contribution < -0.4 is 5.56 Å². The fraction of sp³-hybridized carbons (Fsp3) is 0.333. The molecule has 1 N–H and O–H groups in total. The Morgan fingerprint density at radius 3 is 2.70 bits per heavy atom. The molecule has 6 heteroatoms. The van der Waals surface area contributed by atoms with Crippen LogP contribution in [0, 0.1) is 6.92 Å². The maximum absolute atomic E-state index is 12.4. The van der Waals surface area contributed by atoms with Gasteiger partial charge in [-0.1, -0.05) is 18.2 Å². The molecule has 1 aliphatic rings. The van der Waals surface area contributed by atoms with Crippen LogP contribution in [0.5, 0.6) is 0 Å². The normalized spacial score (nSPS) is 15.4. The second kappa shape index (κ2) is 7.66. The van der Waals surface area contributed by atoms with Crippen molar-refractivity contribution in [3.8, 4) is 0 Å². The number of hydrogen-bond acceptors (Lipinski definition) is 4. The van der Waals surface area contributed by atoms with Gasteiger partial charge in [-0.3, -0.25) is 14.5 Å². The van der Waals surface area contributed by atoms with Crippen LogP contribution in [0.1, 0.15) is 16.0 Å². The van der Waals surface area contributed by atoms with Gasteiger partial charge >= 0.3 is 0 Å². The summed E-state index contributed by atoms with van der Waals surface area (Å²) in [6.45, 7) is 5.66. The van der Waals surface area contributed by atoms with Gasteiger partial charge in [0.15, 0.2) is 0 Å². The molecule has 2 aromatic heterocycles. The van der Waals surface area contributed by atoms with Crippen molar-refractivity contribution < 1.29 is 4.79 Å². The van der Waals surface area contributed by atoms with Crippen LogP contribution in [0.25, 0.3) is 10.9 Å². The van der Waals surface area contributed by atoms with Gasteiger partial charge in [-0.05, 0) is 41.5 Å². The molecule has 0 spiro atoms. The van der Waals surface area contributed by atoms with E-state index in [0.717, 1.165) is 53.1 Å². The molecule has 140 valence electrons. The first kappa shape index (κ1) is 17.9. The average Bonchev–Trinajstić information content (AvgIpc) is 3.16. The summed E-state index contributed by atoms with van der Waals surface area (Å²) < 4.78 is 0.